The van der Waals surface area contributed by atoms with Crippen molar-refractivity contribution < 1.29 is 24.5 Å². The first-order chi connectivity index (χ1) is 8.09. The number of carbonyl (C=O) groups is 2. The molecule has 0 bridgehead atoms. The predicted molar refractivity (Wildman–Crippen MR) is 60.9 cm³/mol. The fourth-order valence-corrected chi connectivity index (χ4v) is 1.18. The third kappa shape index (κ3) is 4.83. The van der Waals surface area contributed by atoms with E-state index in [4.69, 9.17) is 14.9 Å². The summed E-state index contributed by atoms with van der Waals surface area (Å²) in [5, 5.41) is 17.0. The summed E-state index contributed by atoms with van der Waals surface area (Å²) in [5.74, 6) is -1.57. The smallest absolute Gasteiger partial charge is 0.341 e. The van der Waals surface area contributed by atoms with Gasteiger partial charge in [0.05, 0.1) is 6.42 Å². The molecule has 0 aliphatic rings. The van der Waals surface area contributed by atoms with E-state index >= 15 is 0 Å². The van der Waals surface area contributed by atoms with E-state index < -0.39 is 18.5 Å². The van der Waals surface area contributed by atoms with Gasteiger partial charge in [-0.15, -0.1) is 0 Å². The van der Waals surface area contributed by atoms with Crippen molar-refractivity contribution >= 4 is 18.0 Å². The molecular formula is C12H12O5. The van der Waals surface area contributed by atoms with Gasteiger partial charge in [-0.3, -0.25) is 4.79 Å². The summed E-state index contributed by atoms with van der Waals surface area (Å²) in [4.78, 5) is 20.7. The first-order valence-corrected chi connectivity index (χ1v) is 4.91. The molecule has 1 aromatic rings. The van der Waals surface area contributed by atoms with Gasteiger partial charge in [0.2, 0.25) is 0 Å². The second-order valence-corrected chi connectivity index (χ2v) is 3.22. The minimum Gasteiger partial charge on any atom is -0.481 e. The van der Waals surface area contributed by atoms with Crippen LogP contribution in [-0.4, -0.2) is 28.8 Å². The van der Waals surface area contributed by atoms with Gasteiger partial charge in [0, 0.05) is 5.56 Å². The Morgan fingerprint density at radius 3 is 2.53 bits per heavy atom. The van der Waals surface area contributed by atoms with Gasteiger partial charge in [-0.1, -0.05) is 30.4 Å². The standard InChI is InChI=1S/C12H12O5/c13-11(14)7-3-5-9-4-1-2-6-10(9)17-8-12(15)16/h1-6H,7-8H2,(H,13,14)(H,15,16). The lowest BCUT2D eigenvalue weighted by molar-refractivity contribution is -0.139. The van der Waals surface area contributed by atoms with Gasteiger partial charge in [0.25, 0.3) is 0 Å². The van der Waals surface area contributed by atoms with Crippen LogP contribution < -0.4 is 4.74 Å². The van der Waals surface area contributed by atoms with Gasteiger partial charge in [-0.05, 0) is 6.07 Å². The molecule has 2 N–H and O–H groups in total. The number of ether oxygens (including phenoxy) is 1. The van der Waals surface area contributed by atoms with E-state index in [1.54, 1.807) is 30.3 Å². The van der Waals surface area contributed by atoms with Crippen LogP contribution in [0.4, 0.5) is 0 Å². The summed E-state index contributed by atoms with van der Waals surface area (Å²) in [6.07, 6.45) is 2.98. The van der Waals surface area contributed by atoms with Gasteiger partial charge in [-0.2, -0.15) is 0 Å². The summed E-state index contributed by atoms with van der Waals surface area (Å²) in [6, 6.07) is 6.82. The summed E-state index contributed by atoms with van der Waals surface area (Å²) < 4.78 is 5.06. The molecule has 0 unspecified atom stereocenters. The summed E-state index contributed by atoms with van der Waals surface area (Å²) in [5.41, 5.74) is 0.648. The molecule has 17 heavy (non-hydrogen) atoms. The molecule has 0 radical (unpaired) electrons. The van der Waals surface area contributed by atoms with Gasteiger partial charge < -0.3 is 14.9 Å². The quantitative estimate of drug-likeness (QED) is 0.784. The second kappa shape index (κ2) is 6.32. The van der Waals surface area contributed by atoms with E-state index in [0.29, 0.717) is 11.3 Å². The molecule has 0 amide bonds. The molecule has 0 saturated heterocycles. The molecule has 1 aromatic carbocycles. The number of hydrogen-bond donors (Lipinski definition) is 2. The molecule has 0 atom stereocenters. The minimum atomic E-state index is -1.06. The zero-order valence-corrected chi connectivity index (χ0v) is 9.00. The number of benzene rings is 1. The monoisotopic (exact) mass is 236 g/mol. The zero-order valence-electron chi connectivity index (χ0n) is 9.00. The van der Waals surface area contributed by atoms with E-state index in [0.717, 1.165) is 0 Å². The number of carboxylic acid groups (broad SMARTS) is 2. The van der Waals surface area contributed by atoms with E-state index in [-0.39, 0.29) is 6.42 Å². The SMILES string of the molecule is O=C(O)CC=Cc1ccccc1OCC(=O)O. The van der Waals surface area contributed by atoms with Crippen LogP contribution in [0.2, 0.25) is 0 Å². The minimum absolute atomic E-state index is 0.0900. The van der Waals surface area contributed by atoms with Crippen LogP contribution in [0.5, 0.6) is 5.75 Å². The predicted octanol–water partition coefficient (Wildman–Crippen LogP) is 1.64. The molecule has 0 aliphatic carbocycles. The van der Waals surface area contributed by atoms with E-state index in [9.17, 15) is 9.59 Å². The lowest BCUT2D eigenvalue weighted by Crippen LogP contribution is -2.09. The van der Waals surface area contributed by atoms with Crippen molar-refractivity contribution in [2.24, 2.45) is 0 Å². The third-order valence-corrected chi connectivity index (χ3v) is 1.86. The Kier molecular flexibility index (Phi) is 4.75. The molecule has 0 aliphatic heterocycles. The highest BCUT2D eigenvalue weighted by Gasteiger charge is 2.02. The lowest BCUT2D eigenvalue weighted by Gasteiger charge is -2.06. The van der Waals surface area contributed by atoms with Crippen molar-refractivity contribution in [3.8, 4) is 5.75 Å². The normalized spacial score (nSPS) is 10.4. The van der Waals surface area contributed by atoms with Gasteiger partial charge in [-0.25, -0.2) is 4.79 Å². The highest BCUT2D eigenvalue weighted by molar-refractivity contribution is 5.71. The van der Waals surface area contributed by atoms with Gasteiger partial charge in [0.15, 0.2) is 6.61 Å². The van der Waals surface area contributed by atoms with Crippen LogP contribution in [0.3, 0.4) is 0 Å². The number of para-hydroxylation sites is 1. The molecule has 5 heteroatoms. The Morgan fingerprint density at radius 1 is 1.18 bits per heavy atom. The first kappa shape index (κ1) is 12.8. The van der Waals surface area contributed by atoms with Crippen molar-refractivity contribution in [1.82, 2.24) is 0 Å². The maximum Gasteiger partial charge on any atom is 0.341 e. The molecule has 0 saturated carbocycles. The van der Waals surface area contributed by atoms with Crippen LogP contribution >= 0.6 is 0 Å². The molecule has 5 nitrogen and oxygen atoms in total. The Labute approximate surface area is 98.0 Å². The number of hydrogen-bond acceptors (Lipinski definition) is 3. The fraction of sp³-hybridized carbons (Fsp3) is 0.167. The van der Waals surface area contributed by atoms with Crippen LogP contribution in [0.15, 0.2) is 30.3 Å². The zero-order chi connectivity index (χ0) is 12.7. The maximum absolute atomic E-state index is 10.4. The van der Waals surface area contributed by atoms with Crippen LogP contribution in [-0.2, 0) is 9.59 Å². The first-order valence-electron chi connectivity index (χ1n) is 4.91. The molecule has 1 rings (SSSR count). The Bertz CT molecular complexity index is 436. The van der Waals surface area contributed by atoms with E-state index in [1.807, 2.05) is 0 Å². The average molecular weight is 236 g/mol. The summed E-state index contributed by atoms with van der Waals surface area (Å²) in [6.45, 7) is -0.427. The van der Waals surface area contributed by atoms with Gasteiger partial charge >= 0.3 is 11.9 Å². The van der Waals surface area contributed by atoms with Crippen molar-refractivity contribution in [3.63, 3.8) is 0 Å². The average Bonchev–Trinajstić information content (AvgIpc) is 2.27. The highest BCUT2D eigenvalue weighted by atomic mass is 16.5. The molecular weight excluding hydrogens is 224 g/mol. The van der Waals surface area contributed by atoms with Crippen molar-refractivity contribution in [2.75, 3.05) is 6.61 Å². The molecule has 90 valence electrons. The van der Waals surface area contributed by atoms with Crippen molar-refractivity contribution in [1.29, 1.82) is 0 Å². The third-order valence-electron chi connectivity index (χ3n) is 1.86. The Balaban J connectivity index is 2.73. The van der Waals surface area contributed by atoms with Crippen LogP contribution in [0.25, 0.3) is 6.08 Å². The molecule has 0 heterocycles. The van der Waals surface area contributed by atoms with Crippen LogP contribution in [0, 0.1) is 0 Å². The second-order valence-electron chi connectivity index (χ2n) is 3.22. The Hall–Kier alpha value is -2.30. The maximum atomic E-state index is 10.4. The summed E-state index contributed by atoms with van der Waals surface area (Å²) >= 11 is 0. The topological polar surface area (TPSA) is 83.8 Å². The molecule has 0 fully saturated rings. The number of aliphatic carboxylic acids is 2. The van der Waals surface area contributed by atoms with Crippen LogP contribution in [0.1, 0.15) is 12.0 Å². The lowest BCUT2D eigenvalue weighted by atomic mass is 10.2. The van der Waals surface area contributed by atoms with E-state index in [2.05, 4.69) is 0 Å². The largest absolute Gasteiger partial charge is 0.481 e. The fourth-order valence-electron chi connectivity index (χ4n) is 1.18. The van der Waals surface area contributed by atoms with Gasteiger partial charge in [0.1, 0.15) is 5.75 Å². The van der Waals surface area contributed by atoms with Crippen molar-refractivity contribution in [3.05, 3.63) is 35.9 Å². The number of carboxylic acids is 2. The Morgan fingerprint density at radius 2 is 1.88 bits per heavy atom. The highest BCUT2D eigenvalue weighted by Crippen LogP contribution is 2.19. The molecule has 0 aromatic heterocycles. The molecule has 0 spiro atoms. The summed E-state index contributed by atoms with van der Waals surface area (Å²) in [7, 11) is 0. The van der Waals surface area contributed by atoms with Crippen molar-refractivity contribution in [2.45, 2.75) is 6.42 Å². The number of rotatable bonds is 6. The van der Waals surface area contributed by atoms with E-state index in [1.165, 1.54) is 6.08 Å².